The molecule has 0 saturated carbocycles. The Morgan fingerprint density at radius 3 is 2.78 bits per heavy atom. The maximum absolute atomic E-state index is 12.5. The van der Waals surface area contributed by atoms with Crippen molar-refractivity contribution in [1.82, 2.24) is 14.8 Å². The van der Waals surface area contributed by atoms with Crippen LogP contribution in [0, 0.1) is 0 Å². The van der Waals surface area contributed by atoms with E-state index in [0.29, 0.717) is 12.6 Å². The summed E-state index contributed by atoms with van der Waals surface area (Å²) in [6.07, 6.45) is 5.62. The lowest BCUT2D eigenvalue weighted by atomic mass is 10.1. The molecule has 0 N–H and O–H groups in total. The van der Waals surface area contributed by atoms with Crippen LogP contribution in [0.4, 0.5) is 4.79 Å². The molecule has 1 aliphatic heterocycles. The Hall–Kier alpha value is -2.14. The molecule has 2 aromatic rings. The van der Waals surface area contributed by atoms with E-state index in [9.17, 15) is 4.79 Å². The van der Waals surface area contributed by atoms with Crippen LogP contribution in [-0.4, -0.2) is 52.2 Å². The number of hydrogen-bond acceptors (Lipinski definition) is 4. The van der Waals surface area contributed by atoms with E-state index in [-0.39, 0.29) is 6.09 Å². The van der Waals surface area contributed by atoms with Crippen LogP contribution in [0.2, 0.25) is 0 Å². The van der Waals surface area contributed by atoms with Crippen LogP contribution in [-0.2, 0) is 11.3 Å². The highest BCUT2D eigenvalue weighted by Crippen LogP contribution is 2.20. The SMILES string of the molecule is C[C@@H]1CCCN(C(=O)OC(C)(C)C)CCN1Cc1ccc2cnccc2c1. The van der Waals surface area contributed by atoms with Gasteiger partial charge in [0.15, 0.2) is 0 Å². The number of carbonyl (C=O) groups excluding carboxylic acids is 1. The van der Waals surface area contributed by atoms with Gasteiger partial charge in [0.1, 0.15) is 5.60 Å². The zero-order chi connectivity index (χ0) is 19.4. The van der Waals surface area contributed by atoms with Gasteiger partial charge in [0.05, 0.1) is 0 Å². The summed E-state index contributed by atoms with van der Waals surface area (Å²) in [6, 6.07) is 9.12. The van der Waals surface area contributed by atoms with Crippen LogP contribution >= 0.6 is 0 Å². The van der Waals surface area contributed by atoms with E-state index in [2.05, 4.69) is 41.1 Å². The number of nitrogens with zero attached hydrogens (tertiary/aromatic N) is 3. The van der Waals surface area contributed by atoms with E-state index in [1.54, 1.807) is 0 Å². The minimum Gasteiger partial charge on any atom is -0.444 e. The van der Waals surface area contributed by atoms with Crippen LogP contribution in [0.25, 0.3) is 10.8 Å². The van der Waals surface area contributed by atoms with Crippen LogP contribution < -0.4 is 0 Å². The summed E-state index contributed by atoms with van der Waals surface area (Å²) in [7, 11) is 0. The summed E-state index contributed by atoms with van der Waals surface area (Å²) >= 11 is 0. The molecule has 146 valence electrons. The zero-order valence-corrected chi connectivity index (χ0v) is 16.9. The Labute approximate surface area is 162 Å². The fourth-order valence-corrected chi connectivity index (χ4v) is 3.55. The summed E-state index contributed by atoms with van der Waals surface area (Å²) in [5, 5.41) is 2.38. The molecule has 1 aliphatic rings. The monoisotopic (exact) mass is 369 g/mol. The number of fused-ring (bicyclic) bond motifs is 1. The van der Waals surface area contributed by atoms with Crippen LogP contribution in [0.5, 0.6) is 0 Å². The third kappa shape index (κ3) is 5.42. The van der Waals surface area contributed by atoms with Crippen LogP contribution in [0.1, 0.15) is 46.1 Å². The highest BCUT2D eigenvalue weighted by atomic mass is 16.6. The highest BCUT2D eigenvalue weighted by molar-refractivity contribution is 5.81. The summed E-state index contributed by atoms with van der Waals surface area (Å²) in [5.41, 5.74) is 0.844. The number of ether oxygens (including phenoxy) is 1. The van der Waals surface area contributed by atoms with Gasteiger partial charge in [-0.3, -0.25) is 9.88 Å². The van der Waals surface area contributed by atoms with Gasteiger partial charge < -0.3 is 9.64 Å². The maximum atomic E-state index is 12.5. The van der Waals surface area contributed by atoms with Crippen molar-refractivity contribution in [2.75, 3.05) is 19.6 Å². The molecule has 0 spiro atoms. The molecule has 1 fully saturated rings. The molecule has 1 aromatic carbocycles. The van der Waals surface area contributed by atoms with Gasteiger partial charge in [-0.2, -0.15) is 0 Å². The number of pyridine rings is 1. The highest BCUT2D eigenvalue weighted by Gasteiger charge is 2.25. The second-order valence-corrected chi connectivity index (χ2v) is 8.49. The van der Waals surface area contributed by atoms with Crippen LogP contribution in [0.3, 0.4) is 0 Å². The van der Waals surface area contributed by atoms with E-state index >= 15 is 0 Å². The van der Waals surface area contributed by atoms with E-state index < -0.39 is 5.60 Å². The molecule has 1 aromatic heterocycles. The lowest BCUT2D eigenvalue weighted by Gasteiger charge is -2.36. The van der Waals surface area contributed by atoms with Gasteiger partial charge in [-0.15, -0.1) is 0 Å². The molecule has 3 rings (SSSR count). The Morgan fingerprint density at radius 1 is 1.19 bits per heavy atom. The molecular formula is C22H31N3O2. The minimum atomic E-state index is -0.452. The number of carbonyl (C=O) groups is 1. The number of hydrogen-bond donors (Lipinski definition) is 0. The van der Waals surface area contributed by atoms with Crippen molar-refractivity contribution < 1.29 is 9.53 Å². The molecule has 0 aliphatic carbocycles. The van der Waals surface area contributed by atoms with Crippen molar-refractivity contribution in [2.24, 2.45) is 0 Å². The first-order valence-electron chi connectivity index (χ1n) is 9.86. The molecule has 1 amide bonds. The normalized spacial score (nSPS) is 19.6. The van der Waals surface area contributed by atoms with Gasteiger partial charge in [0.2, 0.25) is 0 Å². The lowest BCUT2D eigenvalue weighted by Crippen LogP contribution is -2.46. The van der Waals surface area contributed by atoms with Gasteiger partial charge in [0, 0.05) is 50.0 Å². The third-order valence-corrected chi connectivity index (χ3v) is 5.07. The fourth-order valence-electron chi connectivity index (χ4n) is 3.55. The first-order chi connectivity index (χ1) is 12.8. The molecular weight excluding hydrogens is 338 g/mol. The summed E-state index contributed by atoms with van der Waals surface area (Å²) in [6.45, 7) is 11.3. The van der Waals surface area contributed by atoms with E-state index in [0.717, 1.165) is 37.9 Å². The first kappa shape index (κ1) is 19.6. The number of amides is 1. The van der Waals surface area contributed by atoms with Gasteiger partial charge >= 0.3 is 6.09 Å². The topological polar surface area (TPSA) is 45.7 Å². The predicted octanol–water partition coefficient (Wildman–Crippen LogP) is 4.46. The zero-order valence-electron chi connectivity index (χ0n) is 16.9. The quantitative estimate of drug-likeness (QED) is 0.784. The molecule has 27 heavy (non-hydrogen) atoms. The molecule has 0 radical (unpaired) electrons. The minimum absolute atomic E-state index is 0.199. The molecule has 2 heterocycles. The molecule has 5 heteroatoms. The van der Waals surface area contributed by atoms with Gasteiger partial charge in [0.25, 0.3) is 0 Å². The summed E-state index contributed by atoms with van der Waals surface area (Å²) in [4.78, 5) is 21.0. The summed E-state index contributed by atoms with van der Waals surface area (Å²) in [5.74, 6) is 0. The average molecular weight is 370 g/mol. The van der Waals surface area contributed by atoms with Crippen molar-refractivity contribution in [1.29, 1.82) is 0 Å². The van der Waals surface area contributed by atoms with Crippen molar-refractivity contribution in [3.8, 4) is 0 Å². The first-order valence-corrected chi connectivity index (χ1v) is 9.86. The van der Waals surface area contributed by atoms with Crippen molar-refractivity contribution in [3.05, 3.63) is 42.2 Å². The van der Waals surface area contributed by atoms with Crippen LogP contribution in [0.15, 0.2) is 36.7 Å². The van der Waals surface area contributed by atoms with Gasteiger partial charge in [-0.05, 0) is 63.6 Å². The number of rotatable bonds is 2. The predicted molar refractivity (Wildman–Crippen MR) is 109 cm³/mol. The van der Waals surface area contributed by atoms with Crippen molar-refractivity contribution >= 4 is 16.9 Å². The standard InChI is InChI=1S/C22H31N3O2/c1-17-6-5-11-24(21(26)27-22(2,3)4)12-13-25(17)16-18-7-8-20-15-23-10-9-19(20)14-18/h7-10,14-15,17H,5-6,11-13,16H2,1-4H3/t17-/m1/s1. The fraction of sp³-hybridized carbons (Fsp3) is 0.545. The maximum Gasteiger partial charge on any atom is 0.410 e. The Kier molecular flexibility index (Phi) is 6.00. The Morgan fingerprint density at radius 2 is 2.00 bits per heavy atom. The van der Waals surface area contributed by atoms with Crippen molar-refractivity contribution in [2.45, 2.75) is 58.7 Å². The largest absolute Gasteiger partial charge is 0.444 e. The Bertz CT molecular complexity index is 784. The molecule has 1 saturated heterocycles. The average Bonchev–Trinajstić information content (AvgIpc) is 2.59. The molecule has 5 nitrogen and oxygen atoms in total. The number of aromatic nitrogens is 1. The second-order valence-electron chi connectivity index (χ2n) is 8.49. The summed E-state index contributed by atoms with van der Waals surface area (Å²) < 4.78 is 5.56. The van der Waals surface area contributed by atoms with E-state index in [1.807, 2.05) is 38.1 Å². The van der Waals surface area contributed by atoms with E-state index in [4.69, 9.17) is 4.74 Å². The molecule has 0 bridgehead atoms. The Balaban J connectivity index is 1.67. The second kappa shape index (κ2) is 8.26. The molecule has 0 unspecified atom stereocenters. The molecule has 1 atom stereocenters. The van der Waals surface area contributed by atoms with E-state index in [1.165, 1.54) is 10.9 Å². The van der Waals surface area contributed by atoms with Gasteiger partial charge in [-0.25, -0.2) is 4.79 Å². The smallest absolute Gasteiger partial charge is 0.410 e. The third-order valence-electron chi connectivity index (χ3n) is 5.07. The lowest BCUT2D eigenvalue weighted by molar-refractivity contribution is 0.0183. The number of benzene rings is 1. The van der Waals surface area contributed by atoms with Gasteiger partial charge in [-0.1, -0.05) is 12.1 Å². The van der Waals surface area contributed by atoms with Crippen molar-refractivity contribution in [3.63, 3.8) is 0 Å².